The third-order valence-electron chi connectivity index (χ3n) is 4.13. The van der Waals surface area contributed by atoms with Crippen molar-refractivity contribution in [3.05, 3.63) is 50.5 Å². The van der Waals surface area contributed by atoms with Crippen molar-refractivity contribution >= 4 is 44.5 Å². The van der Waals surface area contributed by atoms with Gasteiger partial charge in [-0.15, -0.1) is 22.7 Å². The number of aromatic nitrogens is 1. The second kappa shape index (κ2) is 7.41. The average molecular weight is 438 g/mol. The highest BCUT2D eigenvalue weighted by molar-refractivity contribution is 9.10. The van der Waals surface area contributed by atoms with Gasteiger partial charge in [0.05, 0.1) is 17.1 Å². The van der Waals surface area contributed by atoms with E-state index in [-0.39, 0.29) is 5.91 Å². The van der Waals surface area contributed by atoms with E-state index in [2.05, 4.69) is 37.7 Å². The van der Waals surface area contributed by atoms with Crippen LogP contribution in [0.15, 0.2) is 44.1 Å². The van der Waals surface area contributed by atoms with Crippen LogP contribution in [0.2, 0.25) is 0 Å². The summed E-state index contributed by atoms with van der Waals surface area (Å²) in [6, 6.07) is 7.60. The number of piperazine rings is 1. The highest BCUT2D eigenvalue weighted by atomic mass is 79.9. The predicted octanol–water partition coefficient (Wildman–Crippen LogP) is 4.19. The number of furan rings is 1. The largest absolute Gasteiger partial charge is 0.444 e. The molecule has 0 atom stereocenters. The molecule has 1 saturated heterocycles. The van der Waals surface area contributed by atoms with Crippen LogP contribution in [0.4, 0.5) is 0 Å². The number of hydrogen-bond donors (Lipinski definition) is 0. The maximum absolute atomic E-state index is 12.4. The first kappa shape index (κ1) is 17.0. The summed E-state index contributed by atoms with van der Waals surface area (Å²) in [5.74, 6) is 0.348. The lowest BCUT2D eigenvalue weighted by Crippen LogP contribution is -2.48. The van der Waals surface area contributed by atoms with Crippen LogP contribution in [0, 0.1) is 0 Å². The molecule has 25 heavy (non-hydrogen) atoms. The van der Waals surface area contributed by atoms with Crippen LogP contribution >= 0.6 is 38.6 Å². The summed E-state index contributed by atoms with van der Waals surface area (Å²) in [6.07, 6.45) is 0. The number of hydrogen-bond acceptors (Lipinski definition) is 6. The summed E-state index contributed by atoms with van der Waals surface area (Å²) in [4.78, 5) is 22.5. The third-order valence-corrected chi connectivity index (χ3v) is 6.28. The first-order valence-electron chi connectivity index (χ1n) is 7.94. The summed E-state index contributed by atoms with van der Waals surface area (Å²) in [7, 11) is 0. The van der Waals surface area contributed by atoms with Crippen molar-refractivity contribution in [2.45, 2.75) is 6.54 Å². The second-order valence-corrected chi connectivity index (χ2v) is 8.45. The first-order chi connectivity index (χ1) is 12.2. The fourth-order valence-corrected chi connectivity index (χ4v) is 4.71. The molecular formula is C17H16BrN3O2S2. The van der Waals surface area contributed by atoms with Crippen LogP contribution in [0.5, 0.6) is 0 Å². The Kier molecular flexibility index (Phi) is 5.03. The molecule has 0 saturated carbocycles. The number of carbonyl (C=O) groups is 1. The number of thiazole rings is 1. The summed E-state index contributed by atoms with van der Waals surface area (Å²) < 4.78 is 5.95. The summed E-state index contributed by atoms with van der Waals surface area (Å²) in [6.45, 7) is 3.95. The zero-order valence-electron chi connectivity index (χ0n) is 13.4. The highest BCUT2D eigenvalue weighted by Crippen LogP contribution is 2.26. The molecule has 1 aliphatic heterocycles. The Hall–Kier alpha value is -1.48. The van der Waals surface area contributed by atoms with Crippen molar-refractivity contribution in [2.75, 3.05) is 26.2 Å². The molecule has 5 nitrogen and oxygen atoms in total. The highest BCUT2D eigenvalue weighted by Gasteiger charge is 2.24. The van der Waals surface area contributed by atoms with E-state index in [9.17, 15) is 4.79 Å². The van der Waals surface area contributed by atoms with Gasteiger partial charge in [0.15, 0.2) is 10.4 Å². The molecule has 0 bridgehead atoms. The Balaban J connectivity index is 1.32. The van der Waals surface area contributed by atoms with E-state index < -0.39 is 0 Å². The maximum atomic E-state index is 12.4. The lowest BCUT2D eigenvalue weighted by molar-refractivity contribution is 0.0596. The molecule has 0 aliphatic carbocycles. The molecule has 1 amide bonds. The molecule has 3 aromatic rings. The third kappa shape index (κ3) is 3.87. The van der Waals surface area contributed by atoms with Gasteiger partial charge in [0, 0.05) is 31.6 Å². The van der Waals surface area contributed by atoms with Gasteiger partial charge in [0.25, 0.3) is 5.91 Å². The van der Waals surface area contributed by atoms with Gasteiger partial charge in [-0.25, -0.2) is 4.98 Å². The molecule has 3 aromatic heterocycles. The normalized spacial score (nSPS) is 15.6. The van der Waals surface area contributed by atoms with Crippen LogP contribution in [0.1, 0.15) is 15.6 Å². The Morgan fingerprint density at radius 3 is 2.72 bits per heavy atom. The van der Waals surface area contributed by atoms with Gasteiger partial charge in [-0.1, -0.05) is 6.07 Å². The Morgan fingerprint density at radius 2 is 2.04 bits per heavy atom. The number of rotatable bonds is 4. The SMILES string of the molecule is O=C(c1ccc(Br)o1)N1CCN(Cc2nc(-c3cccs3)cs2)CC1. The van der Waals surface area contributed by atoms with Crippen LogP contribution in [-0.4, -0.2) is 46.9 Å². The van der Waals surface area contributed by atoms with Crippen molar-refractivity contribution in [3.63, 3.8) is 0 Å². The van der Waals surface area contributed by atoms with E-state index >= 15 is 0 Å². The van der Waals surface area contributed by atoms with Gasteiger partial charge in [0.2, 0.25) is 0 Å². The quantitative estimate of drug-likeness (QED) is 0.613. The Labute approximate surface area is 162 Å². The summed E-state index contributed by atoms with van der Waals surface area (Å²) >= 11 is 6.65. The number of nitrogens with zero attached hydrogens (tertiary/aromatic N) is 3. The van der Waals surface area contributed by atoms with Crippen molar-refractivity contribution in [1.29, 1.82) is 0 Å². The molecule has 0 unspecified atom stereocenters. The van der Waals surface area contributed by atoms with Gasteiger partial charge < -0.3 is 9.32 Å². The Bertz CT molecular complexity index is 851. The van der Waals surface area contributed by atoms with E-state index in [1.807, 2.05) is 11.0 Å². The lowest BCUT2D eigenvalue weighted by atomic mass is 10.3. The van der Waals surface area contributed by atoms with Gasteiger partial charge in [-0.2, -0.15) is 0 Å². The molecule has 0 aromatic carbocycles. The average Bonchev–Trinajstić information content (AvgIpc) is 3.36. The van der Waals surface area contributed by atoms with E-state index in [0.29, 0.717) is 23.5 Å². The predicted molar refractivity (Wildman–Crippen MR) is 103 cm³/mol. The van der Waals surface area contributed by atoms with Gasteiger partial charge in [-0.05, 0) is 39.5 Å². The van der Waals surface area contributed by atoms with Crippen LogP contribution in [0.25, 0.3) is 10.6 Å². The van der Waals surface area contributed by atoms with Gasteiger partial charge >= 0.3 is 0 Å². The van der Waals surface area contributed by atoms with Crippen molar-refractivity contribution in [1.82, 2.24) is 14.8 Å². The lowest BCUT2D eigenvalue weighted by Gasteiger charge is -2.33. The molecule has 4 rings (SSSR count). The van der Waals surface area contributed by atoms with Crippen molar-refractivity contribution in [2.24, 2.45) is 0 Å². The van der Waals surface area contributed by atoms with Crippen LogP contribution < -0.4 is 0 Å². The number of thiophene rings is 1. The molecule has 1 aliphatic rings. The minimum Gasteiger partial charge on any atom is -0.444 e. The fraction of sp³-hybridized carbons (Fsp3) is 0.294. The van der Waals surface area contributed by atoms with Crippen molar-refractivity contribution in [3.8, 4) is 10.6 Å². The molecular weight excluding hydrogens is 422 g/mol. The molecule has 0 radical (unpaired) electrons. The van der Waals surface area contributed by atoms with E-state index in [4.69, 9.17) is 9.40 Å². The topological polar surface area (TPSA) is 49.6 Å². The van der Waals surface area contributed by atoms with Crippen LogP contribution in [-0.2, 0) is 6.54 Å². The molecule has 130 valence electrons. The molecule has 8 heteroatoms. The smallest absolute Gasteiger partial charge is 0.289 e. The molecule has 1 fully saturated rings. The first-order valence-corrected chi connectivity index (χ1v) is 10.5. The minimum atomic E-state index is -0.0421. The molecule has 0 N–H and O–H groups in total. The van der Waals surface area contributed by atoms with E-state index in [1.165, 1.54) is 4.88 Å². The second-order valence-electron chi connectivity index (χ2n) is 5.78. The van der Waals surface area contributed by atoms with Gasteiger partial charge in [0.1, 0.15) is 5.01 Å². The van der Waals surface area contributed by atoms with Crippen LogP contribution in [0.3, 0.4) is 0 Å². The molecule has 0 spiro atoms. The minimum absolute atomic E-state index is 0.0421. The summed E-state index contributed by atoms with van der Waals surface area (Å²) in [5.41, 5.74) is 1.06. The number of halogens is 1. The number of carbonyl (C=O) groups excluding carboxylic acids is 1. The molecule has 4 heterocycles. The fourth-order valence-electron chi connectivity index (χ4n) is 2.81. The summed E-state index contributed by atoms with van der Waals surface area (Å²) in [5, 5.41) is 5.32. The van der Waals surface area contributed by atoms with Crippen molar-refractivity contribution < 1.29 is 9.21 Å². The van der Waals surface area contributed by atoms with E-state index in [1.54, 1.807) is 34.8 Å². The monoisotopic (exact) mass is 437 g/mol. The standard InChI is InChI=1S/C17H16BrN3O2S2/c18-15-4-3-13(23-15)17(22)21-7-5-20(6-8-21)10-16-19-12(11-25-16)14-2-1-9-24-14/h1-4,9,11H,5-8,10H2. The maximum Gasteiger partial charge on any atom is 0.289 e. The zero-order valence-corrected chi connectivity index (χ0v) is 16.6. The number of amides is 1. The Morgan fingerprint density at radius 1 is 1.20 bits per heavy atom. The van der Waals surface area contributed by atoms with Gasteiger partial charge in [-0.3, -0.25) is 9.69 Å². The van der Waals surface area contributed by atoms with E-state index in [0.717, 1.165) is 30.3 Å². The zero-order chi connectivity index (χ0) is 17.2.